The molecule has 55 heavy (non-hydrogen) atoms. The lowest BCUT2D eigenvalue weighted by atomic mass is 9.76. The maximum Gasteiger partial charge on any atom is 0.227 e. The highest BCUT2D eigenvalue weighted by molar-refractivity contribution is 5.97. The number of methoxy groups -OCH3 is 1. The van der Waals surface area contributed by atoms with E-state index >= 15 is 0 Å². The minimum absolute atomic E-state index is 0. The largest absolute Gasteiger partial charge is 0.496 e. The summed E-state index contributed by atoms with van der Waals surface area (Å²) in [5, 5.41) is 7.26. The van der Waals surface area contributed by atoms with Gasteiger partial charge in [-0.25, -0.2) is 9.97 Å². The number of benzene rings is 2. The first-order chi connectivity index (χ1) is 25.9. The molecule has 0 aliphatic carbocycles. The van der Waals surface area contributed by atoms with E-state index in [1.807, 2.05) is 39.8 Å². The molecule has 2 N–H and O–H groups in total. The van der Waals surface area contributed by atoms with Gasteiger partial charge in [-0.05, 0) is 82.4 Å². The number of Topliss-reactive ketones (excluding diaryl/α,β-unsaturated/α-hetero) is 2. The van der Waals surface area contributed by atoms with Gasteiger partial charge in [0.25, 0.3) is 0 Å². The zero-order chi connectivity index (χ0) is 38.6. The Bertz CT molecular complexity index is 1780. The number of hydrogen-bond acceptors (Lipinski definition) is 11. The Hall–Kier alpha value is -3.84. The van der Waals surface area contributed by atoms with Crippen LogP contribution in [0.1, 0.15) is 65.4 Å². The molecule has 0 unspecified atom stereocenters. The van der Waals surface area contributed by atoms with E-state index in [1.165, 1.54) is 37.9 Å². The van der Waals surface area contributed by atoms with Crippen molar-refractivity contribution in [2.24, 2.45) is 11.3 Å². The molecule has 0 bridgehead atoms. The van der Waals surface area contributed by atoms with Gasteiger partial charge in [-0.1, -0.05) is 20.8 Å². The summed E-state index contributed by atoms with van der Waals surface area (Å²) in [6.07, 6.45) is 5.47. The summed E-state index contributed by atoms with van der Waals surface area (Å²) >= 11 is 0. The number of piperazine rings is 1. The van der Waals surface area contributed by atoms with Gasteiger partial charge in [0.2, 0.25) is 5.91 Å². The predicted octanol–water partition coefficient (Wildman–Crippen LogP) is 5.35. The topological polar surface area (TPSA) is 123 Å². The van der Waals surface area contributed by atoms with Gasteiger partial charge in [0, 0.05) is 99.0 Å². The number of anilines is 3. The molecule has 0 spiro atoms. The molecular formula is C42H61ClN8O4. The molecule has 6 rings (SSSR count). The van der Waals surface area contributed by atoms with Crippen LogP contribution in [-0.2, 0) is 20.8 Å². The smallest absolute Gasteiger partial charge is 0.227 e. The number of carbonyl (C=O) groups is 3. The Morgan fingerprint density at radius 3 is 2.27 bits per heavy atom. The second-order valence-corrected chi connectivity index (χ2v) is 16.6. The summed E-state index contributed by atoms with van der Waals surface area (Å²) in [6.45, 7) is 15.0. The second-order valence-electron chi connectivity index (χ2n) is 16.6. The van der Waals surface area contributed by atoms with Gasteiger partial charge in [-0.2, -0.15) is 0 Å². The van der Waals surface area contributed by atoms with E-state index in [4.69, 9.17) is 4.74 Å². The molecule has 3 aromatic rings. The number of ketones is 2. The SMILES string of the molecule is CN[C@@H](C)C(=O)C[C@H](C(=O)N1CCC[C@H]1C(=O)Cc1cc2c(Nc3ccc(N4CCC(N5CCN(C)CC5)CC4)cc3)ncnc2cc1OC)C(C)(C)C.Cl. The van der Waals surface area contributed by atoms with Crippen LogP contribution in [0.3, 0.4) is 0 Å². The van der Waals surface area contributed by atoms with Crippen LogP contribution < -0.4 is 20.3 Å². The Kier molecular flexibility index (Phi) is 14.2. The van der Waals surface area contributed by atoms with Crippen molar-refractivity contribution in [2.75, 3.05) is 77.2 Å². The number of amides is 1. The van der Waals surface area contributed by atoms with Crippen molar-refractivity contribution in [3.05, 3.63) is 48.3 Å². The van der Waals surface area contributed by atoms with Crippen molar-refractivity contribution in [3.63, 3.8) is 0 Å². The lowest BCUT2D eigenvalue weighted by Crippen LogP contribution is -2.52. The van der Waals surface area contributed by atoms with Crippen LogP contribution in [0.5, 0.6) is 5.75 Å². The fourth-order valence-corrected chi connectivity index (χ4v) is 8.30. The maximum atomic E-state index is 14.1. The normalized spacial score (nSPS) is 19.9. The minimum atomic E-state index is -0.555. The summed E-state index contributed by atoms with van der Waals surface area (Å²) in [6, 6.07) is 12.1. The number of piperidine rings is 1. The number of halogens is 1. The van der Waals surface area contributed by atoms with Crippen LogP contribution in [0.2, 0.25) is 0 Å². The van der Waals surface area contributed by atoms with Crippen molar-refractivity contribution in [1.82, 2.24) is 30.0 Å². The molecule has 3 aliphatic rings. The first-order valence-corrected chi connectivity index (χ1v) is 19.8. The third kappa shape index (κ3) is 9.94. The quantitative estimate of drug-likeness (QED) is 0.234. The number of likely N-dealkylation sites (tertiary alicyclic amines) is 1. The third-order valence-electron chi connectivity index (χ3n) is 12.0. The van der Waals surface area contributed by atoms with Crippen molar-refractivity contribution in [3.8, 4) is 5.75 Å². The standard InChI is InChI=1S/C42H60N8O4.ClH/c1-28(43-5)37(51)25-34(42(2,3)4)41(53)50-16-8-9-36(50)38(52)24-29-23-33-35(26-39(29)54-7)44-27-45-40(33)46-30-10-12-31(13-11-30)48-17-14-32(15-18-48)49-21-19-47(6)20-22-49;/h10-13,23,26-28,32,34,36,43H,8-9,14-22,24-25H2,1-7H3,(H,44,45,46);1H/t28-,34+,36-;/m0./s1. The predicted molar refractivity (Wildman–Crippen MR) is 222 cm³/mol. The Labute approximate surface area is 333 Å². The van der Waals surface area contributed by atoms with Gasteiger partial charge in [0.15, 0.2) is 5.78 Å². The highest BCUT2D eigenvalue weighted by atomic mass is 35.5. The van der Waals surface area contributed by atoms with E-state index in [-0.39, 0.29) is 48.8 Å². The third-order valence-corrected chi connectivity index (χ3v) is 12.0. The first-order valence-electron chi connectivity index (χ1n) is 19.8. The molecule has 3 saturated heterocycles. The summed E-state index contributed by atoms with van der Waals surface area (Å²) in [7, 11) is 5.55. The molecule has 12 nitrogen and oxygen atoms in total. The highest BCUT2D eigenvalue weighted by Crippen LogP contribution is 2.35. The monoisotopic (exact) mass is 776 g/mol. The number of carbonyl (C=O) groups excluding carboxylic acids is 3. The number of aromatic nitrogens is 2. The van der Waals surface area contributed by atoms with Gasteiger partial charge in [-0.15, -0.1) is 12.4 Å². The Morgan fingerprint density at radius 1 is 0.945 bits per heavy atom. The molecule has 300 valence electrons. The molecular weight excluding hydrogens is 716 g/mol. The van der Waals surface area contributed by atoms with E-state index in [0.717, 1.165) is 43.7 Å². The molecule has 0 saturated carbocycles. The second kappa shape index (κ2) is 18.4. The molecule has 0 radical (unpaired) electrons. The molecule has 1 aromatic heterocycles. The van der Waals surface area contributed by atoms with Crippen LogP contribution in [0, 0.1) is 11.3 Å². The zero-order valence-corrected chi connectivity index (χ0v) is 34.6. The number of ether oxygens (including phenoxy) is 1. The maximum absolute atomic E-state index is 14.1. The van der Waals surface area contributed by atoms with E-state index in [9.17, 15) is 14.4 Å². The minimum Gasteiger partial charge on any atom is -0.496 e. The van der Waals surface area contributed by atoms with Gasteiger partial charge < -0.3 is 30.1 Å². The average Bonchev–Trinajstić information content (AvgIpc) is 3.67. The number of rotatable bonds is 13. The molecule has 2 aromatic carbocycles. The zero-order valence-electron chi connectivity index (χ0n) is 33.8. The fraction of sp³-hybridized carbons (Fsp3) is 0.595. The number of likely N-dealkylation sites (N-methyl/N-ethyl adjacent to an activating group) is 2. The lowest BCUT2D eigenvalue weighted by Gasteiger charge is -2.42. The van der Waals surface area contributed by atoms with E-state index in [1.54, 1.807) is 19.1 Å². The number of hydrogen-bond donors (Lipinski definition) is 2. The fourth-order valence-electron chi connectivity index (χ4n) is 8.30. The summed E-state index contributed by atoms with van der Waals surface area (Å²) in [5.74, 6) is 0.508. The average molecular weight is 777 g/mol. The van der Waals surface area contributed by atoms with E-state index in [0.29, 0.717) is 41.7 Å². The van der Waals surface area contributed by atoms with Gasteiger partial charge in [0.1, 0.15) is 23.7 Å². The molecule has 4 heterocycles. The molecule has 13 heteroatoms. The van der Waals surface area contributed by atoms with Crippen molar-refractivity contribution in [2.45, 2.75) is 84.3 Å². The van der Waals surface area contributed by atoms with Gasteiger partial charge in [-0.3, -0.25) is 19.3 Å². The number of fused-ring (bicyclic) bond motifs is 1. The van der Waals surface area contributed by atoms with Gasteiger partial charge >= 0.3 is 0 Å². The number of nitrogens with zero attached hydrogens (tertiary/aromatic N) is 6. The van der Waals surface area contributed by atoms with Crippen molar-refractivity contribution < 1.29 is 19.1 Å². The molecule has 3 aliphatic heterocycles. The highest BCUT2D eigenvalue weighted by Gasteiger charge is 2.42. The van der Waals surface area contributed by atoms with E-state index in [2.05, 4.69) is 66.6 Å². The molecule has 3 fully saturated rings. The van der Waals surface area contributed by atoms with E-state index < -0.39 is 17.4 Å². The van der Waals surface area contributed by atoms with Crippen LogP contribution in [0.4, 0.5) is 17.2 Å². The van der Waals surface area contributed by atoms with Crippen molar-refractivity contribution in [1.29, 1.82) is 0 Å². The van der Waals surface area contributed by atoms with Crippen LogP contribution in [0.15, 0.2) is 42.7 Å². The van der Waals surface area contributed by atoms with Crippen LogP contribution in [0.25, 0.3) is 10.9 Å². The van der Waals surface area contributed by atoms with Crippen LogP contribution >= 0.6 is 12.4 Å². The van der Waals surface area contributed by atoms with Gasteiger partial charge in [0.05, 0.1) is 24.7 Å². The summed E-state index contributed by atoms with van der Waals surface area (Å²) in [5.41, 5.74) is 3.11. The summed E-state index contributed by atoms with van der Waals surface area (Å²) < 4.78 is 5.76. The first kappa shape index (κ1) is 42.3. The van der Waals surface area contributed by atoms with Crippen molar-refractivity contribution >= 4 is 58.0 Å². The lowest BCUT2D eigenvalue weighted by molar-refractivity contribution is -0.145. The molecule has 1 amide bonds. The molecule has 3 atom stereocenters. The number of nitrogens with one attached hydrogen (secondary N) is 2. The van der Waals surface area contributed by atoms with Crippen LogP contribution in [-0.4, -0.2) is 127 Å². The Morgan fingerprint density at radius 2 is 1.64 bits per heavy atom. The summed E-state index contributed by atoms with van der Waals surface area (Å²) in [4.78, 5) is 59.5. The Balaban J connectivity index is 0.00000580.